The van der Waals surface area contributed by atoms with E-state index in [4.69, 9.17) is 4.74 Å². The number of benzene rings is 3. The molecule has 0 saturated carbocycles. The minimum absolute atomic E-state index is 0.0982. The monoisotopic (exact) mass is 470 g/mol. The van der Waals surface area contributed by atoms with Gasteiger partial charge in [0.1, 0.15) is 5.82 Å². The number of piperidine rings is 1. The number of methoxy groups -OCH3 is 1. The molecule has 8 heteroatoms. The lowest BCUT2D eigenvalue weighted by molar-refractivity contribution is 0.206. The van der Waals surface area contributed by atoms with E-state index in [1.54, 1.807) is 36.4 Å². The van der Waals surface area contributed by atoms with Gasteiger partial charge >= 0.3 is 0 Å². The smallest absolute Gasteiger partial charge is 0.264 e. The van der Waals surface area contributed by atoms with E-state index < -0.39 is 15.8 Å². The number of halogens is 1. The van der Waals surface area contributed by atoms with Crippen molar-refractivity contribution in [3.63, 3.8) is 0 Å². The van der Waals surface area contributed by atoms with Crippen LogP contribution < -0.4 is 9.04 Å². The van der Waals surface area contributed by atoms with Crippen LogP contribution in [0.5, 0.6) is 11.5 Å². The molecule has 3 aromatic rings. The average Bonchev–Trinajstić information content (AvgIpc) is 2.83. The Balaban J connectivity index is 1.54. The van der Waals surface area contributed by atoms with Gasteiger partial charge in [-0.25, -0.2) is 12.8 Å². The van der Waals surface area contributed by atoms with Crippen molar-refractivity contribution in [1.82, 2.24) is 4.90 Å². The van der Waals surface area contributed by atoms with Crippen LogP contribution in [0.3, 0.4) is 0 Å². The van der Waals surface area contributed by atoms with Gasteiger partial charge < -0.3 is 9.84 Å². The van der Waals surface area contributed by atoms with Crippen molar-refractivity contribution in [3.8, 4) is 11.5 Å². The molecule has 0 unspecified atom stereocenters. The van der Waals surface area contributed by atoms with Crippen molar-refractivity contribution < 1.29 is 22.7 Å². The van der Waals surface area contributed by atoms with E-state index >= 15 is 0 Å². The van der Waals surface area contributed by atoms with E-state index in [-0.39, 0.29) is 16.7 Å². The second-order valence-corrected chi connectivity index (χ2v) is 9.92. The van der Waals surface area contributed by atoms with E-state index in [0.717, 1.165) is 5.56 Å². The Morgan fingerprint density at radius 2 is 1.70 bits per heavy atom. The maximum Gasteiger partial charge on any atom is 0.264 e. The van der Waals surface area contributed by atoms with Gasteiger partial charge in [-0.3, -0.25) is 9.21 Å². The predicted molar refractivity (Wildman–Crippen MR) is 125 cm³/mol. The summed E-state index contributed by atoms with van der Waals surface area (Å²) in [5.74, 6) is 0.120. The van der Waals surface area contributed by atoms with Crippen LogP contribution in [0.25, 0.3) is 0 Å². The number of hydrogen-bond donors (Lipinski definition) is 1. The summed E-state index contributed by atoms with van der Waals surface area (Å²) < 4.78 is 47.3. The predicted octanol–water partition coefficient (Wildman–Crippen LogP) is 4.40. The van der Waals surface area contributed by atoms with Gasteiger partial charge in [-0.2, -0.15) is 0 Å². The van der Waals surface area contributed by atoms with Crippen LogP contribution in [0.1, 0.15) is 18.4 Å². The molecule has 4 rings (SSSR count). The molecule has 1 N–H and O–H groups in total. The summed E-state index contributed by atoms with van der Waals surface area (Å²) in [7, 11) is -2.29. The van der Waals surface area contributed by atoms with Crippen molar-refractivity contribution in [2.45, 2.75) is 30.3 Å². The molecule has 1 aliphatic heterocycles. The number of ether oxygens (including phenoxy) is 1. The van der Waals surface area contributed by atoms with E-state index in [1.165, 1.54) is 35.7 Å². The highest BCUT2D eigenvalue weighted by Gasteiger charge is 2.34. The Morgan fingerprint density at radius 1 is 1.03 bits per heavy atom. The Morgan fingerprint density at radius 3 is 2.33 bits per heavy atom. The minimum atomic E-state index is -3.81. The number of sulfonamides is 1. The molecule has 33 heavy (non-hydrogen) atoms. The summed E-state index contributed by atoms with van der Waals surface area (Å²) in [4.78, 5) is 2.47. The molecule has 0 atom stereocenters. The molecular weight excluding hydrogens is 443 g/mol. The van der Waals surface area contributed by atoms with Gasteiger partial charge in [0.15, 0.2) is 11.5 Å². The summed E-state index contributed by atoms with van der Waals surface area (Å²) in [6.45, 7) is 2.08. The van der Waals surface area contributed by atoms with Crippen LogP contribution in [-0.4, -0.2) is 44.7 Å². The van der Waals surface area contributed by atoms with Gasteiger partial charge in [0.25, 0.3) is 10.0 Å². The van der Waals surface area contributed by atoms with E-state index in [9.17, 15) is 17.9 Å². The molecule has 1 aliphatic rings. The third-order valence-electron chi connectivity index (χ3n) is 5.92. The fraction of sp³-hybridized carbons (Fsp3) is 0.280. The zero-order valence-corrected chi connectivity index (χ0v) is 19.2. The number of likely N-dealkylation sites (tertiary alicyclic amines) is 1. The number of hydrogen-bond acceptors (Lipinski definition) is 5. The first-order valence-electron chi connectivity index (χ1n) is 10.8. The van der Waals surface area contributed by atoms with Crippen LogP contribution in [0, 0.1) is 5.82 Å². The first kappa shape index (κ1) is 23.1. The average molecular weight is 471 g/mol. The summed E-state index contributed by atoms with van der Waals surface area (Å²) in [5, 5.41) is 9.81. The van der Waals surface area contributed by atoms with Crippen LogP contribution in [0.4, 0.5) is 10.1 Å². The molecule has 6 nitrogen and oxygen atoms in total. The highest BCUT2D eigenvalue weighted by Crippen LogP contribution is 2.32. The Kier molecular flexibility index (Phi) is 6.85. The Labute approximate surface area is 193 Å². The molecule has 0 radical (unpaired) electrons. The number of phenols is 1. The lowest BCUT2D eigenvalue weighted by Crippen LogP contribution is -2.47. The second-order valence-electron chi connectivity index (χ2n) is 8.10. The van der Waals surface area contributed by atoms with Crippen LogP contribution >= 0.6 is 0 Å². The highest BCUT2D eigenvalue weighted by molar-refractivity contribution is 7.92. The molecule has 1 heterocycles. The van der Waals surface area contributed by atoms with Crippen molar-refractivity contribution in [2.24, 2.45) is 0 Å². The van der Waals surface area contributed by atoms with Gasteiger partial charge in [0.2, 0.25) is 0 Å². The third kappa shape index (κ3) is 5.12. The molecule has 0 aromatic heterocycles. The van der Waals surface area contributed by atoms with E-state index in [2.05, 4.69) is 4.90 Å². The number of rotatable bonds is 7. The second kappa shape index (κ2) is 9.80. The molecule has 0 aliphatic carbocycles. The molecule has 1 saturated heterocycles. The zero-order valence-electron chi connectivity index (χ0n) is 18.4. The van der Waals surface area contributed by atoms with E-state index in [0.29, 0.717) is 43.9 Å². The van der Waals surface area contributed by atoms with Crippen molar-refractivity contribution >= 4 is 15.7 Å². The first-order chi connectivity index (χ1) is 15.9. The fourth-order valence-electron chi connectivity index (χ4n) is 4.23. The van der Waals surface area contributed by atoms with Gasteiger partial charge in [0, 0.05) is 25.7 Å². The lowest BCUT2D eigenvalue weighted by atomic mass is 10.0. The molecule has 0 amide bonds. The minimum Gasteiger partial charge on any atom is -0.504 e. The van der Waals surface area contributed by atoms with Gasteiger partial charge in [-0.05, 0) is 66.9 Å². The van der Waals surface area contributed by atoms with Crippen LogP contribution in [-0.2, 0) is 16.6 Å². The van der Waals surface area contributed by atoms with Crippen molar-refractivity contribution in [1.29, 1.82) is 0 Å². The number of aromatic hydroxyl groups is 1. The molecule has 1 fully saturated rings. The summed E-state index contributed by atoms with van der Waals surface area (Å²) in [5.41, 5.74) is 1.47. The number of nitrogens with zero attached hydrogens (tertiary/aromatic N) is 2. The normalized spacial score (nSPS) is 15.3. The van der Waals surface area contributed by atoms with E-state index in [1.807, 2.05) is 12.1 Å². The SMILES string of the molecule is COc1cc(CN2CCC(N(c3ccc(F)cc3)S(=O)(=O)c3ccccc3)CC2)ccc1O. The van der Waals surface area contributed by atoms with Gasteiger partial charge in [0.05, 0.1) is 17.7 Å². The standard InChI is InChI=1S/C25H27FN2O4S/c1-32-25-17-19(7-12-24(25)29)18-27-15-13-22(14-16-27)28(21-10-8-20(26)9-11-21)33(30,31)23-5-3-2-4-6-23/h2-12,17,22,29H,13-16,18H2,1H3. The first-order valence-corrected chi connectivity index (χ1v) is 12.3. The summed E-state index contributed by atoms with van der Waals surface area (Å²) in [6, 6.07) is 19.0. The summed E-state index contributed by atoms with van der Waals surface area (Å²) >= 11 is 0. The molecule has 0 bridgehead atoms. The molecular formula is C25H27FN2O4S. The zero-order chi connectivity index (χ0) is 23.4. The third-order valence-corrected chi connectivity index (χ3v) is 7.81. The Hall–Kier alpha value is -3.10. The van der Waals surface area contributed by atoms with Crippen LogP contribution in [0.2, 0.25) is 0 Å². The number of phenolic OH excluding ortho intramolecular Hbond substituents is 1. The van der Waals surface area contributed by atoms with Gasteiger partial charge in [-0.1, -0.05) is 24.3 Å². The maximum absolute atomic E-state index is 13.6. The molecule has 174 valence electrons. The maximum atomic E-state index is 13.6. The fourth-order valence-corrected chi connectivity index (χ4v) is 5.96. The van der Waals surface area contributed by atoms with Crippen molar-refractivity contribution in [2.75, 3.05) is 24.5 Å². The number of anilines is 1. The quantitative estimate of drug-likeness (QED) is 0.554. The molecule has 3 aromatic carbocycles. The van der Waals surface area contributed by atoms with Crippen LogP contribution in [0.15, 0.2) is 77.7 Å². The largest absolute Gasteiger partial charge is 0.504 e. The summed E-state index contributed by atoms with van der Waals surface area (Å²) in [6.07, 6.45) is 1.28. The molecule has 0 spiro atoms. The highest BCUT2D eigenvalue weighted by atomic mass is 32.2. The van der Waals surface area contributed by atoms with Gasteiger partial charge in [-0.15, -0.1) is 0 Å². The lowest BCUT2D eigenvalue weighted by Gasteiger charge is -2.39. The topological polar surface area (TPSA) is 70.1 Å². The Bertz CT molecular complexity index is 1180. The van der Waals surface area contributed by atoms with Crippen molar-refractivity contribution in [3.05, 3.63) is 84.2 Å².